The van der Waals surface area contributed by atoms with Crippen LogP contribution in [0.5, 0.6) is 0 Å². The monoisotopic (exact) mass is 174 g/mol. The van der Waals surface area contributed by atoms with Gasteiger partial charge in [-0.1, -0.05) is 22.4 Å². The lowest BCUT2D eigenvalue weighted by molar-refractivity contribution is 0.762. The molecule has 0 heterocycles. The molecule has 0 aromatic carbocycles. The van der Waals surface area contributed by atoms with Gasteiger partial charge in [-0.2, -0.15) is 5.26 Å². The van der Waals surface area contributed by atoms with Gasteiger partial charge < -0.3 is 0 Å². The maximum absolute atomic E-state index is 8.09. The molecular formula is C6H9BrN. The van der Waals surface area contributed by atoms with Crippen LogP contribution in [-0.4, -0.2) is 0 Å². The van der Waals surface area contributed by atoms with Crippen molar-refractivity contribution in [3.63, 3.8) is 0 Å². The largest absolute Gasteiger partial charge is 0.198 e. The van der Waals surface area contributed by atoms with Crippen molar-refractivity contribution in [3.05, 3.63) is 5.33 Å². The van der Waals surface area contributed by atoms with Crippen molar-refractivity contribution >= 4 is 15.9 Å². The molecule has 1 radical (unpaired) electrons. The van der Waals surface area contributed by atoms with Gasteiger partial charge in [0.05, 0.1) is 6.07 Å². The molecule has 0 rings (SSSR count). The van der Waals surface area contributed by atoms with Gasteiger partial charge in [-0.15, -0.1) is 0 Å². The predicted molar refractivity (Wildman–Crippen MR) is 37.3 cm³/mol. The van der Waals surface area contributed by atoms with Gasteiger partial charge in [0.2, 0.25) is 0 Å². The molecule has 0 amide bonds. The van der Waals surface area contributed by atoms with E-state index in [1.165, 1.54) is 0 Å². The maximum Gasteiger partial charge on any atom is 0.0621 e. The molecule has 0 atom stereocenters. The highest BCUT2D eigenvalue weighted by Gasteiger charge is 1.84. The molecule has 0 aromatic rings. The topological polar surface area (TPSA) is 23.8 Å². The van der Waals surface area contributed by atoms with Crippen molar-refractivity contribution in [2.45, 2.75) is 25.7 Å². The van der Waals surface area contributed by atoms with E-state index in [1.54, 1.807) is 0 Å². The average Bonchev–Trinajstić information content (AvgIpc) is 1.81. The van der Waals surface area contributed by atoms with Gasteiger partial charge in [-0.05, 0) is 12.8 Å². The van der Waals surface area contributed by atoms with E-state index in [0.717, 1.165) is 19.3 Å². The molecule has 8 heavy (non-hydrogen) atoms. The summed E-state index contributed by atoms with van der Waals surface area (Å²) >= 11 is 3.19. The van der Waals surface area contributed by atoms with Crippen LogP contribution >= 0.6 is 15.9 Å². The van der Waals surface area contributed by atoms with Crippen molar-refractivity contribution < 1.29 is 0 Å². The summed E-state index contributed by atoms with van der Waals surface area (Å²) in [5.74, 6) is 0. The Morgan fingerprint density at radius 2 is 2.25 bits per heavy atom. The zero-order valence-electron chi connectivity index (χ0n) is 4.73. The zero-order chi connectivity index (χ0) is 6.24. The van der Waals surface area contributed by atoms with E-state index >= 15 is 0 Å². The second-order valence-electron chi connectivity index (χ2n) is 1.56. The lowest BCUT2D eigenvalue weighted by atomic mass is 10.2. The summed E-state index contributed by atoms with van der Waals surface area (Å²) in [5.41, 5.74) is 0. The molecule has 0 aliphatic heterocycles. The highest BCUT2D eigenvalue weighted by molar-refractivity contribution is 9.10. The maximum atomic E-state index is 8.09. The third kappa shape index (κ3) is 5.97. The number of hydrogen-bond acceptors (Lipinski definition) is 1. The smallest absolute Gasteiger partial charge is 0.0621 e. The predicted octanol–water partition coefficient (Wildman–Crippen LogP) is 2.63. The Morgan fingerprint density at radius 1 is 1.50 bits per heavy atom. The fraction of sp³-hybridized carbons (Fsp3) is 0.667. The van der Waals surface area contributed by atoms with Crippen molar-refractivity contribution in [2.75, 3.05) is 0 Å². The minimum absolute atomic E-state index is 0.695. The molecule has 1 nitrogen and oxygen atoms in total. The first-order valence-corrected chi connectivity index (χ1v) is 3.62. The highest BCUT2D eigenvalue weighted by Crippen LogP contribution is 2.04. The van der Waals surface area contributed by atoms with Gasteiger partial charge in [0.15, 0.2) is 0 Å². The Bertz CT molecular complexity index is 75.1. The molecular weight excluding hydrogens is 166 g/mol. The van der Waals surface area contributed by atoms with Crippen LogP contribution in [0, 0.1) is 16.7 Å². The normalized spacial score (nSPS) is 8.50. The van der Waals surface area contributed by atoms with Gasteiger partial charge in [0, 0.05) is 11.8 Å². The molecule has 0 fully saturated rings. The van der Waals surface area contributed by atoms with Crippen LogP contribution in [0.1, 0.15) is 25.7 Å². The third-order valence-electron chi connectivity index (χ3n) is 0.852. The fourth-order valence-electron chi connectivity index (χ4n) is 0.426. The second-order valence-corrected chi connectivity index (χ2v) is 2.21. The quantitative estimate of drug-likeness (QED) is 0.602. The van der Waals surface area contributed by atoms with Crippen LogP contribution in [0.15, 0.2) is 0 Å². The Labute approximate surface area is 58.8 Å². The molecule has 0 unspecified atom stereocenters. The fourth-order valence-corrected chi connectivity index (χ4v) is 0.749. The van der Waals surface area contributed by atoms with E-state index in [9.17, 15) is 0 Å². The molecule has 0 bridgehead atoms. The number of nitrogens with zero attached hydrogens (tertiary/aromatic N) is 1. The first kappa shape index (κ1) is 7.97. The summed E-state index contributed by atoms with van der Waals surface area (Å²) in [6, 6.07) is 2.10. The summed E-state index contributed by atoms with van der Waals surface area (Å²) < 4.78 is 0. The minimum Gasteiger partial charge on any atom is -0.198 e. The van der Waals surface area contributed by atoms with Crippen molar-refractivity contribution in [1.82, 2.24) is 0 Å². The van der Waals surface area contributed by atoms with Gasteiger partial charge in [0.25, 0.3) is 0 Å². The van der Waals surface area contributed by atoms with Gasteiger partial charge >= 0.3 is 0 Å². The molecule has 0 aliphatic carbocycles. The summed E-state index contributed by atoms with van der Waals surface area (Å²) in [4.78, 5) is 0. The first-order chi connectivity index (χ1) is 3.91. The van der Waals surface area contributed by atoms with E-state index in [4.69, 9.17) is 5.26 Å². The van der Waals surface area contributed by atoms with E-state index < -0.39 is 0 Å². The number of unbranched alkanes of at least 4 members (excludes halogenated alkanes) is 3. The van der Waals surface area contributed by atoms with Crippen LogP contribution in [0.4, 0.5) is 0 Å². The minimum atomic E-state index is 0.695. The lowest BCUT2D eigenvalue weighted by Crippen LogP contribution is -1.71. The summed E-state index contributed by atoms with van der Waals surface area (Å²) in [7, 11) is 0. The second kappa shape index (κ2) is 6.97. The SMILES string of the molecule is N#CCCCC[CH]Br. The van der Waals surface area contributed by atoms with Crippen molar-refractivity contribution in [3.8, 4) is 6.07 Å². The number of rotatable bonds is 4. The summed E-state index contributed by atoms with van der Waals surface area (Å²) in [6.45, 7) is 0. The Hall–Kier alpha value is -0.0300. The summed E-state index contributed by atoms with van der Waals surface area (Å²) in [5, 5.41) is 10.0. The van der Waals surface area contributed by atoms with Crippen LogP contribution in [-0.2, 0) is 0 Å². The zero-order valence-corrected chi connectivity index (χ0v) is 6.32. The third-order valence-corrected chi connectivity index (χ3v) is 1.31. The number of halogens is 1. The molecule has 0 N–H and O–H groups in total. The summed E-state index contributed by atoms with van der Waals surface area (Å²) in [6.07, 6.45) is 3.92. The first-order valence-electron chi connectivity index (χ1n) is 2.70. The van der Waals surface area contributed by atoms with E-state index in [-0.39, 0.29) is 0 Å². The van der Waals surface area contributed by atoms with Crippen LogP contribution in [0.3, 0.4) is 0 Å². The number of nitriles is 1. The standard InChI is InChI=1S/C6H9BrN/c7-5-3-1-2-4-6-8/h5H,1-4H2. The lowest BCUT2D eigenvalue weighted by Gasteiger charge is -1.88. The molecule has 45 valence electrons. The highest BCUT2D eigenvalue weighted by atomic mass is 79.9. The van der Waals surface area contributed by atoms with Gasteiger partial charge in [-0.25, -0.2) is 0 Å². The van der Waals surface area contributed by atoms with Gasteiger partial charge in [-0.3, -0.25) is 0 Å². The van der Waals surface area contributed by atoms with Crippen molar-refractivity contribution in [2.24, 2.45) is 0 Å². The Kier molecular flexibility index (Phi) is 6.94. The van der Waals surface area contributed by atoms with Gasteiger partial charge in [0.1, 0.15) is 0 Å². The van der Waals surface area contributed by atoms with Crippen LogP contribution in [0.25, 0.3) is 0 Å². The van der Waals surface area contributed by atoms with Crippen LogP contribution in [0.2, 0.25) is 0 Å². The molecule has 2 heteroatoms. The van der Waals surface area contributed by atoms with Crippen LogP contribution < -0.4 is 0 Å². The van der Waals surface area contributed by atoms with Crippen molar-refractivity contribution in [1.29, 1.82) is 5.26 Å². The van der Waals surface area contributed by atoms with E-state index in [1.807, 2.05) is 5.33 Å². The Balaban J connectivity index is 2.65. The number of hydrogen-bond donors (Lipinski definition) is 0. The van der Waals surface area contributed by atoms with E-state index in [0.29, 0.717) is 6.42 Å². The molecule has 0 saturated carbocycles. The van der Waals surface area contributed by atoms with E-state index in [2.05, 4.69) is 22.0 Å². The molecule has 0 aliphatic rings. The molecule has 0 saturated heterocycles. The average molecular weight is 175 g/mol. The Morgan fingerprint density at radius 3 is 2.75 bits per heavy atom. The molecule has 0 spiro atoms. The molecule has 0 aromatic heterocycles.